The van der Waals surface area contributed by atoms with Gasteiger partial charge in [0.1, 0.15) is 24.1 Å². The molecule has 0 bridgehead atoms. The molecule has 2 rings (SSSR count). The van der Waals surface area contributed by atoms with Gasteiger partial charge >= 0.3 is 0 Å². The third-order valence-electron chi connectivity index (χ3n) is 2.45. The average Bonchev–Trinajstić information content (AvgIpc) is 2.31. The molecule has 0 radical (unpaired) electrons. The largest absolute Gasteiger partial charge is 0.462 e. The van der Waals surface area contributed by atoms with Crippen LogP contribution >= 0.6 is 0 Å². The van der Waals surface area contributed by atoms with E-state index in [9.17, 15) is 15.3 Å². The Morgan fingerprint density at radius 2 is 1.75 bits per heavy atom. The molecule has 1 saturated heterocycles. The number of aliphatic hydroxyl groups is 3. The third-order valence-corrected chi connectivity index (χ3v) is 2.45. The Morgan fingerprint density at radius 1 is 1.06 bits per heavy atom. The fraction of sp³-hybridized carbons (Fsp3) is 0.455. The number of hydrogen-bond acceptors (Lipinski definition) is 5. The van der Waals surface area contributed by atoms with Gasteiger partial charge in [-0.05, 0) is 12.1 Å². The number of para-hydroxylation sites is 1. The van der Waals surface area contributed by atoms with E-state index >= 15 is 0 Å². The van der Waals surface area contributed by atoms with Crippen LogP contribution in [0.25, 0.3) is 0 Å². The Hall–Kier alpha value is -1.14. The van der Waals surface area contributed by atoms with Crippen molar-refractivity contribution in [1.82, 2.24) is 0 Å². The number of aliphatic hydroxyl groups excluding tert-OH is 3. The van der Waals surface area contributed by atoms with Gasteiger partial charge in [0.25, 0.3) is 0 Å². The lowest BCUT2D eigenvalue weighted by Crippen LogP contribution is -2.54. The smallest absolute Gasteiger partial charge is 0.228 e. The first-order valence-corrected chi connectivity index (χ1v) is 5.06. The van der Waals surface area contributed by atoms with Crippen molar-refractivity contribution in [2.75, 3.05) is 6.61 Å². The van der Waals surface area contributed by atoms with Gasteiger partial charge in [-0.25, -0.2) is 0 Å². The summed E-state index contributed by atoms with van der Waals surface area (Å²) < 4.78 is 10.4. The van der Waals surface area contributed by atoms with Crippen LogP contribution in [0.15, 0.2) is 30.3 Å². The average molecular weight is 226 g/mol. The molecule has 0 saturated carbocycles. The Balaban J connectivity index is 2.00. The summed E-state index contributed by atoms with van der Waals surface area (Å²) in [5.41, 5.74) is 0. The van der Waals surface area contributed by atoms with Crippen LogP contribution in [0.3, 0.4) is 0 Å². The monoisotopic (exact) mass is 226 g/mol. The maximum Gasteiger partial charge on any atom is 0.228 e. The topological polar surface area (TPSA) is 79.2 Å². The van der Waals surface area contributed by atoms with Gasteiger partial charge in [0.05, 0.1) is 6.61 Å². The molecular formula is C11H14O5. The molecular weight excluding hydrogens is 212 g/mol. The molecule has 0 aliphatic carbocycles. The van der Waals surface area contributed by atoms with Crippen molar-refractivity contribution in [3.05, 3.63) is 30.3 Å². The van der Waals surface area contributed by atoms with Crippen molar-refractivity contribution in [3.8, 4) is 5.75 Å². The number of hydrogen-bond donors (Lipinski definition) is 3. The van der Waals surface area contributed by atoms with E-state index in [0.29, 0.717) is 5.75 Å². The van der Waals surface area contributed by atoms with Crippen LogP contribution in [0.2, 0.25) is 0 Å². The first kappa shape index (κ1) is 11.3. The number of ether oxygens (including phenoxy) is 2. The molecule has 5 nitrogen and oxygen atoms in total. The van der Waals surface area contributed by atoms with Crippen molar-refractivity contribution in [1.29, 1.82) is 0 Å². The molecule has 4 atom stereocenters. The van der Waals surface area contributed by atoms with Gasteiger partial charge in [0, 0.05) is 0 Å². The van der Waals surface area contributed by atoms with Gasteiger partial charge in [0.15, 0.2) is 0 Å². The molecule has 0 unspecified atom stereocenters. The van der Waals surface area contributed by atoms with Crippen molar-refractivity contribution >= 4 is 0 Å². The highest BCUT2D eigenvalue weighted by molar-refractivity contribution is 5.21. The second-order valence-corrected chi connectivity index (χ2v) is 3.68. The zero-order valence-corrected chi connectivity index (χ0v) is 8.56. The van der Waals surface area contributed by atoms with E-state index in [2.05, 4.69) is 0 Å². The zero-order valence-electron chi connectivity index (χ0n) is 8.56. The van der Waals surface area contributed by atoms with Gasteiger partial charge in [-0.2, -0.15) is 0 Å². The van der Waals surface area contributed by atoms with E-state index in [1.54, 1.807) is 24.3 Å². The second-order valence-electron chi connectivity index (χ2n) is 3.68. The van der Waals surface area contributed by atoms with Crippen LogP contribution in [0.1, 0.15) is 0 Å². The summed E-state index contributed by atoms with van der Waals surface area (Å²) in [7, 11) is 0. The van der Waals surface area contributed by atoms with E-state index in [1.807, 2.05) is 6.07 Å². The molecule has 1 aromatic rings. The molecule has 5 heteroatoms. The quantitative estimate of drug-likeness (QED) is 0.634. The highest BCUT2D eigenvalue weighted by atomic mass is 16.7. The highest BCUT2D eigenvalue weighted by Crippen LogP contribution is 2.19. The van der Waals surface area contributed by atoms with Gasteiger partial charge in [-0.1, -0.05) is 18.2 Å². The molecule has 1 fully saturated rings. The SMILES string of the molecule is O[C@@H]1[C@@H](O)[C@H](Oc2ccccc2)OC[C@H]1O. The normalized spacial score (nSPS) is 34.7. The molecule has 3 N–H and O–H groups in total. The Labute approximate surface area is 92.9 Å². The van der Waals surface area contributed by atoms with Crippen molar-refractivity contribution in [3.63, 3.8) is 0 Å². The minimum Gasteiger partial charge on any atom is -0.462 e. The number of rotatable bonds is 2. The second kappa shape index (κ2) is 4.80. The molecule has 1 aliphatic heterocycles. The van der Waals surface area contributed by atoms with Crippen LogP contribution < -0.4 is 4.74 Å². The fourth-order valence-corrected chi connectivity index (χ4v) is 1.52. The van der Waals surface area contributed by atoms with Crippen LogP contribution in [0.4, 0.5) is 0 Å². The minimum absolute atomic E-state index is 0.0598. The van der Waals surface area contributed by atoms with Crippen molar-refractivity contribution in [2.24, 2.45) is 0 Å². The molecule has 1 aliphatic rings. The Kier molecular flexibility index (Phi) is 3.40. The third kappa shape index (κ3) is 2.33. The van der Waals surface area contributed by atoms with Crippen LogP contribution in [0, 0.1) is 0 Å². The van der Waals surface area contributed by atoms with Crippen LogP contribution in [-0.2, 0) is 4.74 Å². The van der Waals surface area contributed by atoms with Crippen LogP contribution in [0.5, 0.6) is 5.75 Å². The minimum atomic E-state index is -1.26. The lowest BCUT2D eigenvalue weighted by atomic mass is 10.1. The Bertz CT molecular complexity index is 328. The number of benzene rings is 1. The fourth-order valence-electron chi connectivity index (χ4n) is 1.52. The first-order valence-electron chi connectivity index (χ1n) is 5.06. The lowest BCUT2D eigenvalue weighted by molar-refractivity contribution is -0.242. The van der Waals surface area contributed by atoms with E-state index in [1.165, 1.54) is 0 Å². The summed E-state index contributed by atoms with van der Waals surface area (Å²) in [5, 5.41) is 28.3. The summed E-state index contributed by atoms with van der Waals surface area (Å²) in [4.78, 5) is 0. The van der Waals surface area contributed by atoms with Gasteiger partial charge < -0.3 is 24.8 Å². The lowest BCUT2D eigenvalue weighted by Gasteiger charge is -2.34. The maximum absolute atomic E-state index is 9.61. The summed E-state index contributed by atoms with van der Waals surface area (Å²) in [6.07, 6.45) is -4.54. The summed E-state index contributed by atoms with van der Waals surface area (Å²) >= 11 is 0. The molecule has 0 amide bonds. The van der Waals surface area contributed by atoms with Crippen molar-refractivity contribution in [2.45, 2.75) is 24.6 Å². The summed E-state index contributed by atoms with van der Waals surface area (Å²) in [6, 6.07) is 8.84. The molecule has 16 heavy (non-hydrogen) atoms. The van der Waals surface area contributed by atoms with Gasteiger partial charge in [0.2, 0.25) is 6.29 Å². The van der Waals surface area contributed by atoms with E-state index in [-0.39, 0.29) is 6.61 Å². The highest BCUT2D eigenvalue weighted by Gasteiger charge is 2.38. The Morgan fingerprint density at radius 3 is 2.44 bits per heavy atom. The van der Waals surface area contributed by atoms with Crippen molar-refractivity contribution < 1.29 is 24.8 Å². The first-order chi connectivity index (χ1) is 7.68. The summed E-state index contributed by atoms with van der Waals surface area (Å²) in [5.74, 6) is 0.537. The van der Waals surface area contributed by atoms with Gasteiger partial charge in [-0.3, -0.25) is 0 Å². The molecule has 88 valence electrons. The zero-order chi connectivity index (χ0) is 11.5. The maximum atomic E-state index is 9.61. The van der Waals surface area contributed by atoms with E-state index in [0.717, 1.165) is 0 Å². The molecule has 0 aromatic heterocycles. The summed E-state index contributed by atoms with van der Waals surface area (Å²) in [6.45, 7) is -0.0598. The predicted molar refractivity (Wildman–Crippen MR) is 54.8 cm³/mol. The standard InChI is InChI=1S/C11H14O5/c12-8-6-15-11(10(14)9(8)13)16-7-4-2-1-3-5-7/h1-5,8-14H,6H2/t8-,9+,10-,11+/m1/s1. The molecule has 1 aromatic carbocycles. The predicted octanol–water partition coefficient (Wildman–Crippen LogP) is -0.496. The molecule has 0 spiro atoms. The van der Waals surface area contributed by atoms with Crippen LogP contribution in [-0.4, -0.2) is 46.5 Å². The molecule has 1 heterocycles. The van der Waals surface area contributed by atoms with E-state index in [4.69, 9.17) is 9.47 Å². The van der Waals surface area contributed by atoms with Gasteiger partial charge in [-0.15, -0.1) is 0 Å². The van der Waals surface area contributed by atoms with E-state index < -0.39 is 24.6 Å².